The number of hydrogen-bond donors (Lipinski definition) is 1. The van der Waals surface area contributed by atoms with Crippen LogP contribution in [0.1, 0.15) is 19.3 Å². The molecule has 148 valence electrons. The Morgan fingerprint density at radius 1 is 0.714 bits per heavy atom. The second-order valence-electron chi connectivity index (χ2n) is 7.48. The summed E-state index contributed by atoms with van der Waals surface area (Å²) in [6.07, 6.45) is 3.90. The normalized spacial score (nSPS) is 17.5. The maximum atomic E-state index is 13.0. The SMILES string of the molecule is O=C(Nc1ccc(F)cc1)N1CCN(c2ccc(N3CCCCC3)cc2)CC1. The Morgan fingerprint density at radius 3 is 1.82 bits per heavy atom. The minimum atomic E-state index is -0.307. The van der Waals surface area contributed by atoms with E-state index in [9.17, 15) is 9.18 Å². The van der Waals surface area contributed by atoms with Crippen molar-refractivity contribution in [2.75, 3.05) is 54.4 Å². The number of carbonyl (C=O) groups excluding carboxylic acids is 1. The second kappa shape index (κ2) is 8.50. The fourth-order valence-corrected chi connectivity index (χ4v) is 3.93. The number of anilines is 3. The first-order valence-corrected chi connectivity index (χ1v) is 10.1. The zero-order valence-electron chi connectivity index (χ0n) is 16.1. The summed E-state index contributed by atoms with van der Waals surface area (Å²) in [6, 6.07) is 14.5. The molecule has 2 aromatic carbocycles. The van der Waals surface area contributed by atoms with Crippen LogP contribution < -0.4 is 15.1 Å². The molecular formula is C22H27FN4O. The van der Waals surface area contributed by atoms with Gasteiger partial charge in [-0.3, -0.25) is 0 Å². The molecule has 1 N–H and O–H groups in total. The van der Waals surface area contributed by atoms with Crippen LogP contribution in [0.3, 0.4) is 0 Å². The van der Waals surface area contributed by atoms with Crippen molar-refractivity contribution in [2.24, 2.45) is 0 Å². The Kier molecular flexibility index (Phi) is 5.65. The van der Waals surface area contributed by atoms with Crippen molar-refractivity contribution in [1.82, 2.24) is 4.90 Å². The summed E-state index contributed by atoms with van der Waals surface area (Å²) >= 11 is 0. The molecule has 2 aromatic rings. The van der Waals surface area contributed by atoms with Crippen molar-refractivity contribution in [3.05, 3.63) is 54.3 Å². The molecule has 2 amide bonds. The van der Waals surface area contributed by atoms with Gasteiger partial charge in [-0.15, -0.1) is 0 Å². The Bertz CT molecular complexity index is 779. The monoisotopic (exact) mass is 382 g/mol. The van der Waals surface area contributed by atoms with E-state index in [2.05, 4.69) is 39.4 Å². The Balaban J connectivity index is 1.29. The predicted molar refractivity (Wildman–Crippen MR) is 112 cm³/mol. The van der Waals surface area contributed by atoms with E-state index < -0.39 is 0 Å². The van der Waals surface area contributed by atoms with Crippen LogP contribution in [0.25, 0.3) is 0 Å². The van der Waals surface area contributed by atoms with Crippen molar-refractivity contribution in [1.29, 1.82) is 0 Å². The fraction of sp³-hybridized carbons (Fsp3) is 0.409. The van der Waals surface area contributed by atoms with E-state index in [0.717, 1.165) is 26.2 Å². The third kappa shape index (κ3) is 4.38. The first-order chi connectivity index (χ1) is 13.7. The quantitative estimate of drug-likeness (QED) is 0.866. The summed E-state index contributed by atoms with van der Waals surface area (Å²) in [5.74, 6) is -0.307. The van der Waals surface area contributed by atoms with Gasteiger partial charge in [0.15, 0.2) is 0 Å². The number of piperidine rings is 1. The molecular weight excluding hydrogens is 355 g/mol. The van der Waals surface area contributed by atoms with Gasteiger partial charge >= 0.3 is 6.03 Å². The van der Waals surface area contributed by atoms with Gasteiger partial charge < -0.3 is 20.0 Å². The highest BCUT2D eigenvalue weighted by atomic mass is 19.1. The zero-order chi connectivity index (χ0) is 19.3. The number of nitrogens with zero attached hydrogens (tertiary/aromatic N) is 3. The molecule has 6 heteroatoms. The number of urea groups is 1. The van der Waals surface area contributed by atoms with Gasteiger partial charge in [0.2, 0.25) is 0 Å². The molecule has 0 radical (unpaired) electrons. The van der Waals surface area contributed by atoms with Gasteiger partial charge in [0.05, 0.1) is 0 Å². The van der Waals surface area contributed by atoms with Crippen molar-refractivity contribution >= 4 is 23.1 Å². The predicted octanol–water partition coefficient (Wildman–Crippen LogP) is 4.17. The van der Waals surface area contributed by atoms with Crippen LogP contribution in [0.15, 0.2) is 48.5 Å². The summed E-state index contributed by atoms with van der Waals surface area (Å²) in [4.78, 5) is 19.0. The number of amides is 2. The number of carbonyl (C=O) groups is 1. The molecule has 0 bridgehead atoms. The lowest BCUT2D eigenvalue weighted by molar-refractivity contribution is 0.208. The van der Waals surface area contributed by atoms with Crippen molar-refractivity contribution in [3.8, 4) is 0 Å². The van der Waals surface area contributed by atoms with Gasteiger partial charge in [0, 0.05) is 56.3 Å². The molecule has 0 aromatic heterocycles. The zero-order valence-corrected chi connectivity index (χ0v) is 16.1. The smallest absolute Gasteiger partial charge is 0.321 e. The van der Waals surface area contributed by atoms with E-state index in [-0.39, 0.29) is 11.8 Å². The van der Waals surface area contributed by atoms with E-state index in [1.807, 2.05) is 4.90 Å². The number of hydrogen-bond acceptors (Lipinski definition) is 3. The van der Waals surface area contributed by atoms with Gasteiger partial charge in [0.1, 0.15) is 5.82 Å². The first-order valence-electron chi connectivity index (χ1n) is 10.1. The summed E-state index contributed by atoms with van der Waals surface area (Å²) in [5.41, 5.74) is 3.13. The number of rotatable bonds is 3. The van der Waals surface area contributed by atoms with E-state index >= 15 is 0 Å². The largest absolute Gasteiger partial charge is 0.372 e. The minimum absolute atomic E-state index is 0.133. The molecule has 0 atom stereocenters. The number of benzene rings is 2. The van der Waals surface area contributed by atoms with E-state index in [1.165, 1.54) is 42.8 Å². The van der Waals surface area contributed by atoms with Gasteiger partial charge in [-0.05, 0) is 67.8 Å². The number of halogens is 1. The van der Waals surface area contributed by atoms with Crippen LogP contribution in [0.4, 0.5) is 26.2 Å². The third-order valence-corrected chi connectivity index (χ3v) is 5.60. The van der Waals surface area contributed by atoms with Gasteiger partial charge in [0.25, 0.3) is 0 Å². The van der Waals surface area contributed by atoms with Crippen molar-refractivity contribution in [2.45, 2.75) is 19.3 Å². The van der Waals surface area contributed by atoms with Crippen LogP contribution in [-0.4, -0.2) is 50.2 Å². The molecule has 0 unspecified atom stereocenters. The van der Waals surface area contributed by atoms with Crippen LogP contribution in [0, 0.1) is 5.82 Å². The number of nitrogens with one attached hydrogen (secondary N) is 1. The summed E-state index contributed by atoms with van der Waals surface area (Å²) in [6.45, 7) is 5.25. The number of piperazine rings is 1. The summed E-state index contributed by atoms with van der Waals surface area (Å²) in [5, 5.41) is 2.83. The average molecular weight is 382 g/mol. The first kappa shape index (κ1) is 18.6. The molecule has 28 heavy (non-hydrogen) atoms. The molecule has 2 aliphatic rings. The molecule has 2 saturated heterocycles. The Morgan fingerprint density at radius 2 is 1.25 bits per heavy atom. The molecule has 0 saturated carbocycles. The molecule has 2 fully saturated rings. The lowest BCUT2D eigenvalue weighted by Crippen LogP contribution is -2.50. The lowest BCUT2D eigenvalue weighted by atomic mass is 10.1. The fourth-order valence-electron chi connectivity index (χ4n) is 3.93. The molecule has 0 aliphatic carbocycles. The maximum Gasteiger partial charge on any atom is 0.321 e. The van der Waals surface area contributed by atoms with E-state index in [1.54, 1.807) is 12.1 Å². The molecule has 2 aliphatic heterocycles. The summed E-state index contributed by atoms with van der Waals surface area (Å²) < 4.78 is 13.0. The second-order valence-corrected chi connectivity index (χ2v) is 7.48. The highest BCUT2D eigenvalue weighted by Crippen LogP contribution is 2.24. The standard InChI is InChI=1S/C22H27FN4O/c23-18-4-6-19(7-5-18)24-22(28)27-16-14-26(15-17-27)21-10-8-20(9-11-21)25-12-2-1-3-13-25/h4-11H,1-3,12-17H2,(H,24,28). The van der Waals surface area contributed by atoms with Gasteiger partial charge in [-0.1, -0.05) is 0 Å². The van der Waals surface area contributed by atoms with Crippen LogP contribution in [0.5, 0.6) is 0 Å². The van der Waals surface area contributed by atoms with E-state index in [0.29, 0.717) is 18.8 Å². The summed E-state index contributed by atoms with van der Waals surface area (Å²) in [7, 11) is 0. The molecule has 4 rings (SSSR count). The van der Waals surface area contributed by atoms with Crippen LogP contribution in [0.2, 0.25) is 0 Å². The maximum absolute atomic E-state index is 13.0. The third-order valence-electron chi connectivity index (χ3n) is 5.60. The molecule has 0 spiro atoms. The van der Waals surface area contributed by atoms with Gasteiger partial charge in [-0.2, -0.15) is 0 Å². The van der Waals surface area contributed by atoms with Crippen molar-refractivity contribution in [3.63, 3.8) is 0 Å². The van der Waals surface area contributed by atoms with E-state index in [4.69, 9.17) is 0 Å². The van der Waals surface area contributed by atoms with Crippen LogP contribution in [-0.2, 0) is 0 Å². The molecule has 2 heterocycles. The lowest BCUT2D eigenvalue weighted by Gasteiger charge is -2.36. The highest BCUT2D eigenvalue weighted by Gasteiger charge is 2.21. The minimum Gasteiger partial charge on any atom is -0.372 e. The van der Waals surface area contributed by atoms with Crippen molar-refractivity contribution < 1.29 is 9.18 Å². The topological polar surface area (TPSA) is 38.8 Å². The van der Waals surface area contributed by atoms with Gasteiger partial charge in [-0.25, -0.2) is 9.18 Å². The Labute approximate surface area is 165 Å². The average Bonchev–Trinajstić information content (AvgIpc) is 2.76. The highest BCUT2D eigenvalue weighted by molar-refractivity contribution is 5.89. The Hall–Kier alpha value is -2.76. The molecule has 5 nitrogen and oxygen atoms in total. The van der Waals surface area contributed by atoms with Crippen LogP contribution >= 0.6 is 0 Å².